The Morgan fingerprint density at radius 2 is 1.81 bits per heavy atom. The first-order chi connectivity index (χ1) is 10.1. The minimum absolute atomic E-state index is 0.00200. The van der Waals surface area contributed by atoms with Crippen LogP contribution in [0, 0.1) is 10.1 Å². The third-order valence-corrected chi connectivity index (χ3v) is 2.59. The molecule has 0 saturated carbocycles. The lowest BCUT2D eigenvalue weighted by Gasteiger charge is -2.06. The number of nitrogens with one attached hydrogen (secondary N) is 1. The Balaban J connectivity index is 2.16. The highest BCUT2D eigenvalue weighted by Gasteiger charge is 2.07. The van der Waals surface area contributed by atoms with Gasteiger partial charge >= 0.3 is 5.97 Å². The Bertz CT molecular complexity index is 698. The van der Waals surface area contributed by atoms with E-state index >= 15 is 0 Å². The fraction of sp³-hybridized carbons (Fsp3) is 0. The molecular weight excluding hydrogens is 276 g/mol. The van der Waals surface area contributed by atoms with Crippen molar-refractivity contribution in [1.82, 2.24) is 0 Å². The Morgan fingerprint density at radius 3 is 2.43 bits per heavy atom. The van der Waals surface area contributed by atoms with Crippen molar-refractivity contribution in [2.24, 2.45) is 10.4 Å². The minimum Gasteiger partial charge on any atom is -0.691 e. The number of carboxylic acids is 1. The van der Waals surface area contributed by atoms with E-state index < -0.39 is 5.97 Å². The first-order valence-electron chi connectivity index (χ1n) is 5.81. The number of hydrogen-bond acceptors (Lipinski definition) is 5. The highest BCUT2D eigenvalue weighted by molar-refractivity contribution is 5.87. The maximum absolute atomic E-state index is 11.8. The molecule has 21 heavy (non-hydrogen) atoms. The normalized spacial score (nSPS) is 11.0. The zero-order valence-electron chi connectivity index (χ0n) is 10.6. The van der Waals surface area contributed by atoms with Crippen LogP contribution in [0.25, 0.3) is 0 Å². The number of anilines is 1. The molecule has 0 amide bonds. The van der Waals surface area contributed by atoms with Gasteiger partial charge in [0.15, 0.2) is 11.4 Å². The van der Waals surface area contributed by atoms with E-state index in [9.17, 15) is 14.9 Å². The molecule has 0 atom stereocenters. The maximum atomic E-state index is 11.8. The average molecular weight is 286 g/mol. The quantitative estimate of drug-likeness (QED) is 0.378. The molecule has 2 aromatic rings. The second-order valence-electron chi connectivity index (χ2n) is 3.95. The summed E-state index contributed by atoms with van der Waals surface area (Å²) in [4.78, 5) is 21.5. The third kappa shape index (κ3) is 3.38. The van der Waals surface area contributed by atoms with Crippen molar-refractivity contribution >= 4 is 23.0 Å². The van der Waals surface area contributed by atoms with Crippen molar-refractivity contribution in [3.63, 3.8) is 0 Å². The monoisotopic (exact) mass is 286 g/mol. The molecule has 8 nitrogen and oxygen atoms in total. The van der Waals surface area contributed by atoms with Gasteiger partial charge in [0.2, 0.25) is 0 Å². The fourth-order valence-electron chi connectivity index (χ4n) is 1.55. The van der Waals surface area contributed by atoms with Crippen LogP contribution >= 0.6 is 0 Å². The molecule has 0 aliphatic rings. The molecule has 8 heteroatoms. The smallest absolute Gasteiger partial charge is 0.335 e. The number of rotatable bonds is 5. The van der Waals surface area contributed by atoms with Crippen LogP contribution < -0.4 is 5.43 Å². The minimum atomic E-state index is -1.05. The largest absolute Gasteiger partial charge is 0.691 e. The summed E-state index contributed by atoms with van der Waals surface area (Å²) in [7, 11) is 0. The first kappa shape index (κ1) is 14.1. The van der Waals surface area contributed by atoms with Gasteiger partial charge in [0.05, 0.1) is 10.8 Å². The van der Waals surface area contributed by atoms with Gasteiger partial charge in [-0.05, 0) is 41.6 Å². The summed E-state index contributed by atoms with van der Waals surface area (Å²) in [6.45, 7) is 0. The van der Waals surface area contributed by atoms with Gasteiger partial charge in [0, 0.05) is 0 Å². The van der Waals surface area contributed by atoms with Crippen LogP contribution in [0.3, 0.4) is 0 Å². The first-order valence-corrected chi connectivity index (χ1v) is 5.81. The number of carbonyl (C=O) groups is 1. The third-order valence-electron chi connectivity index (χ3n) is 2.59. The zero-order valence-corrected chi connectivity index (χ0v) is 10.6. The van der Waals surface area contributed by atoms with Gasteiger partial charge in [-0.25, -0.2) is 4.79 Å². The predicted molar refractivity (Wildman–Crippen MR) is 74.6 cm³/mol. The van der Waals surface area contributed by atoms with Crippen LogP contribution in [0.5, 0.6) is 0 Å². The molecule has 106 valence electrons. The molecule has 0 unspecified atom stereocenters. The molecule has 0 spiro atoms. The number of aromatic carboxylic acids is 1. The van der Waals surface area contributed by atoms with Crippen molar-refractivity contribution in [3.05, 3.63) is 64.2 Å². The Labute approximate surface area is 118 Å². The Hall–Kier alpha value is -3.29. The molecular formula is C13H10N4O4. The summed E-state index contributed by atoms with van der Waals surface area (Å²) >= 11 is 0. The molecule has 2 N–H and O–H groups in total. The molecule has 0 radical (unpaired) electrons. The molecule has 0 saturated heterocycles. The lowest BCUT2D eigenvalue weighted by molar-refractivity contribution is -0.438. The van der Waals surface area contributed by atoms with Gasteiger partial charge < -0.3 is 10.3 Å². The summed E-state index contributed by atoms with van der Waals surface area (Å²) in [6, 6.07) is 11.6. The van der Waals surface area contributed by atoms with E-state index in [1.165, 1.54) is 36.4 Å². The van der Waals surface area contributed by atoms with Crippen molar-refractivity contribution in [2.75, 3.05) is 5.43 Å². The standard InChI is InChI=1S/C13H10N4O4/c18-13(19)9-5-7-10(8-6-9)14-16-17(21)12-4-2-1-3-11(12)15-20/h1-8,14H,(H,18,19)/b17-16+. The predicted octanol–water partition coefficient (Wildman–Crippen LogP) is 3.40. The molecule has 2 aromatic carbocycles. The lowest BCUT2D eigenvalue weighted by Crippen LogP contribution is -1.99. The molecule has 0 aliphatic carbocycles. The van der Waals surface area contributed by atoms with E-state index in [1.54, 1.807) is 12.1 Å². The van der Waals surface area contributed by atoms with Crippen LogP contribution in [0.15, 0.2) is 58.9 Å². The van der Waals surface area contributed by atoms with E-state index in [1.807, 2.05) is 0 Å². The zero-order chi connectivity index (χ0) is 15.2. The van der Waals surface area contributed by atoms with E-state index in [0.717, 1.165) is 0 Å². The summed E-state index contributed by atoms with van der Waals surface area (Å²) in [5.41, 5.74) is 2.98. The Kier molecular flexibility index (Phi) is 4.20. The van der Waals surface area contributed by atoms with Crippen molar-refractivity contribution in [1.29, 1.82) is 0 Å². The summed E-state index contributed by atoms with van der Waals surface area (Å²) in [6.07, 6.45) is 0. The molecule has 0 aliphatic heterocycles. The van der Waals surface area contributed by atoms with Crippen LogP contribution in [0.1, 0.15) is 10.4 Å². The van der Waals surface area contributed by atoms with Gasteiger partial charge in [0.25, 0.3) is 0 Å². The van der Waals surface area contributed by atoms with Crippen molar-refractivity contribution in [2.45, 2.75) is 0 Å². The van der Waals surface area contributed by atoms with Gasteiger partial charge in [-0.3, -0.25) is 0 Å². The van der Waals surface area contributed by atoms with E-state index in [2.05, 4.69) is 15.8 Å². The Morgan fingerprint density at radius 1 is 1.14 bits per heavy atom. The number of nitroso groups, excluding NO2 is 1. The number of nitrogens with zero attached hydrogens (tertiary/aromatic N) is 3. The fourth-order valence-corrected chi connectivity index (χ4v) is 1.55. The second kappa shape index (κ2) is 6.24. The molecule has 2 rings (SSSR count). The number of hydrogen-bond donors (Lipinski definition) is 2. The van der Waals surface area contributed by atoms with Gasteiger partial charge in [-0.2, -0.15) is 0 Å². The highest BCUT2D eigenvalue weighted by Crippen LogP contribution is 2.26. The van der Waals surface area contributed by atoms with Gasteiger partial charge in [-0.1, -0.05) is 12.1 Å². The van der Waals surface area contributed by atoms with E-state index in [4.69, 9.17) is 5.11 Å². The van der Waals surface area contributed by atoms with Crippen LogP contribution in [-0.2, 0) is 0 Å². The van der Waals surface area contributed by atoms with Crippen LogP contribution in [0.2, 0.25) is 0 Å². The highest BCUT2D eigenvalue weighted by atomic mass is 16.5. The topological polar surface area (TPSA) is 117 Å². The number of para-hydroxylation sites is 1. The van der Waals surface area contributed by atoms with E-state index in [0.29, 0.717) is 5.69 Å². The van der Waals surface area contributed by atoms with Crippen LogP contribution in [0.4, 0.5) is 17.1 Å². The molecule has 0 heterocycles. The van der Waals surface area contributed by atoms with Gasteiger partial charge in [0.1, 0.15) is 5.69 Å². The molecule has 0 bridgehead atoms. The molecule has 0 aromatic heterocycles. The average Bonchev–Trinajstić information content (AvgIpc) is 2.52. The SMILES string of the molecule is O=Nc1ccccc1/[N+]([O-])=N\Nc1ccc(C(=O)O)cc1. The number of benzene rings is 2. The van der Waals surface area contributed by atoms with Crippen molar-refractivity contribution < 1.29 is 14.8 Å². The van der Waals surface area contributed by atoms with Crippen LogP contribution in [-0.4, -0.2) is 15.9 Å². The van der Waals surface area contributed by atoms with E-state index in [-0.39, 0.29) is 21.8 Å². The summed E-state index contributed by atoms with van der Waals surface area (Å²) < 4.78 is 0. The van der Waals surface area contributed by atoms with Crippen molar-refractivity contribution in [3.8, 4) is 0 Å². The molecule has 0 fully saturated rings. The summed E-state index contributed by atoms with van der Waals surface area (Å²) in [5, 5.41) is 26.8. The summed E-state index contributed by atoms with van der Waals surface area (Å²) in [5.74, 6) is -1.05. The number of carboxylic acid groups (broad SMARTS) is 1. The lowest BCUT2D eigenvalue weighted by atomic mass is 10.2. The maximum Gasteiger partial charge on any atom is 0.335 e. The van der Waals surface area contributed by atoms with Gasteiger partial charge in [-0.15, -0.1) is 15.2 Å². The second-order valence-corrected chi connectivity index (χ2v) is 3.95.